The minimum Gasteiger partial charge on any atom is -0.336 e. The second kappa shape index (κ2) is 8.79. The molecule has 172 valence electrons. The van der Waals surface area contributed by atoms with Crippen LogP contribution in [0.4, 0.5) is 14.5 Å². The Morgan fingerprint density at radius 1 is 0.794 bits per heavy atom. The van der Waals surface area contributed by atoms with Crippen molar-refractivity contribution in [3.05, 3.63) is 101 Å². The monoisotopic (exact) mass is 461 g/mol. The summed E-state index contributed by atoms with van der Waals surface area (Å²) in [5, 5.41) is 0. The quantitative estimate of drug-likeness (QED) is 0.556. The zero-order valence-corrected chi connectivity index (χ0v) is 18.2. The van der Waals surface area contributed by atoms with Crippen molar-refractivity contribution in [3.8, 4) is 0 Å². The molecule has 2 aliphatic heterocycles. The first kappa shape index (κ1) is 21.9. The Morgan fingerprint density at radius 3 is 2.12 bits per heavy atom. The van der Waals surface area contributed by atoms with Crippen molar-refractivity contribution >= 4 is 23.4 Å². The highest BCUT2D eigenvalue weighted by Crippen LogP contribution is 2.29. The molecule has 3 amide bonds. The van der Waals surface area contributed by atoms with Crippen LogP contribution in [0.15, 0.2) is 66.7 Å². The van der Waals surface area contributed by atoms with Gasteiger partial charge in [-0.15, -0.1) is 0 Å². The first-order valence-corrected chi connectivity index (χ1v) is 11.0. The van der Waals surface area contributed by atoms with E-state index in [1.807, 2.05) is 4.90 Å². The molecule has 34 heavy (non-hydrogen) atoms. The highest BCUT2D eigenvalue weighted by atomic mass is 19.2. The van der Waals surface area contributed by atoms with E-state index < -0.39 is 23.4 Å². The zero-order valence-electron chi connectivity index (χ0n) is 18.2. The molecule has 0 unspecified atom stereocenters. The van der Waals surface area contributed by atoms with Crippen LogP contribution in [0, 0.1) is 11.6 Å². The standard InChI is InChI=1S/C26H21F2N3O3/c27-22-10-4-6-18(23(22)28)16-29-11-13-30(14-12-29)24(32)17-5-3-7-19(15-17)31-25(33)20-8-1-2-9-21(20)26(31)34/h1-10,15H,11-14,16H2. The number of carbonyl (C=O) groups excluding carboxylic acids is 3. The molecule has 0 atom stereocenters. The molecule has 0 spiro atoms. The number of rotatable bonds is 4. The molecule has 2 aliphatic rings. The van der Waals surface area contributed by atoms with Crippen LogP contribution in [0.1, 0.15) is 36.6 Å². The Hall–Kier alpha value is -3.91. The fourth-order valence-electron chi connectivity index (χ4n) is 4.40. The van der Waals surface area contributed by atoms with Crippen LogP contribution in [0.2, 0.25) is 0 Å². The molecule has 0 radical (unpaired) electrons. The lowest BCUT2D eigenvalue weighted by Crippen LogP contribution is -2.48. The van der Waals surface area contributed by atoms with Gasteiger partial charge in [0, 0.05) is 43.9 Å². The number of amides is 3. The number of anilines is 1. The Bertz CT molecular complexity index is 1270. The van der Waals surface area contributed by atoms with Gasteiger partial charge in [0.1, 0.15) is 0 Å². The molecule has 2 heterocycles. The van der Waals surface area contributed by atoms with Gasteiger partial charge in [0.2, 0.25) is 0 Å². The molecule has 0 bridgehead atoms. The predicted octanol–water partition coefficient (Wildman–Crippen LogP) is 3.72. The van der Waals surface area contributed by atoms with Gasteiger partial charge in [-0.1, -0.05) is 30.3 Å². The van der Waals surface area contributed by atoms with Crippen molar-refractivity contribution in [2.24, 2.45) is 0 Å². The van der Waals surface area contributed by atoms with Crippen molar-refractivity contribution in [3.63, 3.8) is 0 Å². The van der Waals surface area contributed by atoms with Gasteiger partial charge in [0.05, 0.1) is 16.8 Å². The van der Waals surface area contributed by atoms with Gasteiger partial charge in [-0.25, -0.2) is 13.7 Å². The van der Waals surface area contributed by atoms with E-state index in [0.29, 0.717) is 48.6 Å². The molecule has 0 aliphatic carbocycles. The third kappa shape index (κ3) is 3.86. The third-order valence-corrected chi connectivity index (χ3v) is 6.23. The van der Waals surface area contributed by atoms with Crippen LogP contribution in [-0.4, -0.2) is 53.7 Å². The van der Waals surface area contributed by atoms with Gasteiger partial charge >= 0.3 is 0 Å². The summed E-state index contributed by atoms with van der Waals surface area (Å²) in [6.45, 7) is 2.14. The molecule has 6 nitrogen and oxygen atoms in total. The lowest BCUT2D eigenvalue weighted by molar-refractivity contribution is 0.0626. The van der Waals surface area contributed by atoms with Gasteiger partial charge in [-0.3, -0.25) is 19.3 Å². The fraction of sp³-hybridized carbons (Fsp3) is 0.192. The SMILES string of the molecule is O=C(c1cccc(N2C(=O)c3ccccc3C2=O)c1)N1CCN(Cc2cccc(F)c2F)CC1. The molecule has 3 aromatic carbocycles. The van der Waals surface area contributed by atoms with E-state index in [-0.39, 0.29) is 18.0 Å². The summed E-state index contributed by atoms with van der Waals surface area (Å²) in [4.78, 5) is 43.4. The minimum absolute atomic E-state index is 0.213. The average molecular weight is 461 g/mol. The highest BCUT2D eigenvalue weighted by molar-refractivity contribution is 6.34. The maximum absolute atomic E-state index is 14.0. The number of carbonyl (C=O) groups is 3. The number of piperazine rings is 1. The van der Waals surface area contributed by atoms with E-state index >= 15 is 0 Å². The number of imide groups is 1. The van der Waals surface area contributed by atoms with E-state index in [1.165, 1.54) is 6.07 Å². The smallest absolute Gasteiger partial charge is 0.266 e. The van der Waals surface area contributed by atoms with E-state index in [0.717, 1.165) is 11.0 Å². The first-order valence-electron chi connectivity index (χ1n) is 11.0. The van der Waals surface area contributed by atoms with E-state index in [2.05, 4.69) is 0 Å². The molecule has 1 fully saturated rings. The summed E-state index contributed by atoms with van der Waals surface area (Å²) in [6.07, 6.45) is 0. The minimum atomic E-state index is -0.871. The topological polar surface area (TPSA) is 60.9 Å². The Morgan fingerprint density at radius 2 is 1.44 bits per heavy atom. The van der Waals surface area contributed by atoms with Crippen molar-refractivity contribution in [2.75, 3.05) is 31.1 Å². The van der Waals surface area contributed by atoms with Gasteiger partial charge in [0.15, 0.2) is 11.6 Å². The Labute approximate surface area is 195 Å². The number of halogens is 2. The van der Waals surface area contributed by atoms with Crippen molar-refractivity contribution in [1.82, 2.24) is 9.80 Å². The summed E-state index contributed by atoms with van der Waals surface area (Å²) in [5.41, 5.74) is 1.69. The van der Waals surface area contributed by atoms with Gasteiger partial charge < -0.3 is 4.90 Å². The van der Waals surface area contributed by atoms with Crippen molar-refractivity contribution in [1.29, 1.82) is 0 Å². The predicted molar refractivity (Wildman–Crippen MR) is 122 cm³/mol. The number of hydrogen-bond donors (Lipinski definition) is 0. The lowest BCUT2D eigenvalue weighted by Gasteiger charge is -2.35. The van der Waals surface area contributed by atoms with Crippen molar-refractivity contribution in [2.45, 2.75) is 6.54 Å². The second-order valence-electron chi connectivity index (χ2n) is 8.32. The summed E-state index contributed by atoms with van der Waals surface area (Å²) < 4.78 is 27.4. The van der Waals surface area contributed by atoms with Crippen LogP contribution in [0.3, 0.4) is 0 Å². The van der Waals surface area contributed by atoms with Gasteiger partial charge in [-0.2, -0.15) is 0 Å². The summed E-state index contributed by atoms with van der Waals surface area (Å²) >= 11 is 0. The molecule has 8 heteroatoms. The molecular formula is C26H21F2N3O3. The normalized spacial score (nSPS) is 16.2. The Balaban J connectivity index is 1.27. The Kier molecular flexibility index (Phi) is 5.67. The number of hydrogen-bond acceptors (Lipinski definition) is 4. The van der Waals surface area contributed by atoms with Crippen LogP contribution < -0.4 is 4.90 Å². The number of nitrogens with zero attached hydrogens (tertiary/aromatic N) is 3. The maximum Gasteiger partial charge on any atom is 0.266 e. The average Bonchev–Trinajstić information content (AvgIpc) is 3.12. The molecule has 3 aromatic rings. The third-order valence-electron chi connectivity index (χ3n) is 6.23. The van der Waals surface area contributed by atoms with Crippen LogP contribution in [-0.2, 0) is 6.54 Å². The molecule has 5 rings (SSSR count). The number of fused-ring (bicyclic) bond motifs is 1. The fourth-order valence-corrected chi connectivity index (χ4v) is 4.40. The summed E-state index contributed by atoms with van der Waals surface area (Å²) in [6, 6.07) is 17.2. The molecule has 0 N–H and O–H groups in total. The van der Waals surface area contributed by atoms with Crippen LogP contribution >= 0.6 is 0 Å². The molecule has 0 aromatic heterocycles. The molecule has 0 saturated carbocycles. The highest BCUT2D eigenvalue weighted by Gasteiger charge is 2.36. The molecule has 1 saturated heterocycles. The first-order chi connectivity index (χ1) is 16.4. The van der Waals surface area contributed by atoms with E-state index in [9.17, 15) is 23.2 Å². The molecular weight excluding hydrogens is 440 g/mol. The van der Waals surface area contributed by atoms with Gasteiger partial charge in [0.25, 0.3) is 17.7 Å². The summed E-state index contributed by atoms with van der Waals surface area (Å²) in [5.74, 6) is -2.75. The van der Waals surface area contributed by atoms with Crippen LogP contribution in [0.25, 0.3) is 0 Å². The lowest BCUT2D eigenvalue weighted by atomic mass is 10.1. The zero-order chi connectivity index (χ0) is 23.8. The van der Waals surface area contributed by atoms with Crippen LogP contribution in [0.5, 0.6) is 0 Å². The largest absolute Gasteiger partial charge is 0.336 e. The van der Waals surface area contributed by atoms with Gasteiger partial charge in [-0.05, 0) is 36.4 Å². The van der Waals surface area contributed by atoms with E-state index in [1.54, 1.807) is 59.5 Å². The summed E-state index contributed by atoms with van der Waals surface area (Å²) in [7, 11) is 0. The van der Waals surface area contributed by atoms with Crippen molar-refractivity contribution < 1.29 is 23.2 Å². The number of benzene rings is 3. The maximum atomic E-state index is 14.0. The second-order valence-corrected chi connectivity index (χ2v) is 8.32. The van der Waals surface area contributed by atoms with E-state index in [4.69, 9.17) is 0 Å².